The lowest BCUT2D eigenvalue weighted by atomic mass is 9.84. The Labute approximate surface area is 300 Å². The van der Waals surface area contributed by atoms with Crippen LogP contribution >= 0.6 is 0 Å². The summed E-state index contributed by atoms with van der Waals surface area (Å²) in [6.45, 7) is 3.04. The number of H-pyrrole nitrogens is 1. The quantitative estimate of drug-likeness (QED) is 0.168. The molecule has 3 aromatic rings. The second-order valence-corrected chi connectivity index (χ2v) is 17.2. The van der Waals surface area contributed by atoms with E-state index in [9.17, 15) is 37.5 Å². The number of Topliss-reactive ketones (excluding diaryl/α,β-unsaturated/α-hetero) is 1. The van der Waals surface area contributed by atoms with Crippen molar-refractivity contribution in [1.29, 1.82) is 0 Å². The Morgan fingerprint density at radius 1 is 1.10 bits per heavy atom. The Hall–Kier alpha value is -4.71. The minimum absolute atomic E-state index is 0.0241. The highest BCUT2D eigenvalue weighted by atomic mass is 32.2. The number of ketones is 1. The maximum absolute atomic E-state index is 14.8. The van der Waals surface area contributed by atoms with Crippen molar-refractivity contribution in [2.45, 2.75) is 101 Å². The van der Waals surface area contributed by atoms with Crippen LogP contribution in [0.1, 0.15) is 93.7 Å². The number of sulfone groups is 1. The molecule has 17 nitrogen and oxygen atoms in total. The average molecular weight is 740 g/mol. The fourth-order valence-corrected chi connectivity index (χ4v) is 9.31. The van der Waals surface area contributed by atoms with Gasteiger partial charge in [0.2, 0.25) is 17.6 Å². The topological polar surface area (TPSA) is 252 Å². The van der Waals surface area contributed by atoms with E-state index < -0.39 is 80.0 Å². The molecular formula is C34H45N9O8S. The van der Waals surface area contributed by atoms with E-state index in [1.165, 1.54) is 15.8 Å². The number of aromatic amines is 1. The molecule has 52 heavy (non-hydrogen) atoms. The number of benzene rings is 1. The Morgan fingerprint density at radius 2 is 1.81 bits per heavy atom. The fourth-order valence-electron chi connectivity index (χ4n) is 7.78. The molecule has 18 heteroatoms. The van der Waals surface area contributed by atoms with Gasteiger partial charge < -0.3 is 26.4 Å². The summed E-state index contributed by atoms with van der Waals surface area (Å²) >= 11 is 0. The van der Waals surface area contributed by atoms with Gasteiger partial charge in [-0.15, -0.1) is 5.10 Å². The summed E-state index contributed by atoms with van der Waals surface area (Å²) in [6.07, 6.45) is 7.42. The van der Waals surface area contributed by atoms with Crippen LogP contribution in [0.5, 0.6) is 0 Å². The van der Waals surface area contributed by atoms with Crippen LogP contribution < -0.4 is 16.4 Å². The number of amides is 4. The lowest BCUT2D eigenvalue weighted by Crippen LogP contribution is -2.64. The summed E-state index contributed by atoms with van der Waals surface area (Å²) in [5, 5.41) is 32.3. The standard InChI is InChI=1S/C34H45N9O8S/c1-33(2,49)27-18-37-41-43(27)23-16-26(31(47)39-34(28(44)29(35)45)10-12-52(50,51)13-11-34)42(19-23)32(48)25(14-20-6-4-3-5-7-20)38-30(46)21-8-9-22-17-36-40-24(22)15-21/h8-9,15,17-18,20,23,25-26,49H,3-7,10-14,16,19H2,1-2H3,(H2,35,45)(H,36,40)(H,38,46)(H,39,47)/t23-,25?,26-/m0/s1. The smallest absolute Gasteiger partial charge is 0.287 e. The first-order chi connectivity index (χ1) is 24.6. The lowest BCUT2D eigenvalue weighted by Gasteiger charge is -2.37. The van der Waals surface area contributed by atoms with Crippen molar-refractivity contribution in [3.63, 3.8) is 0 Å². The molecule has 3 fully saturated rings. The Balaban J connectivity index is 1.34. The summed E-state index contributed by atoms with van der Waals surface area (Å²) in [5.74, 6) is -5.01. The number of carbonyl (C=O) groups excluding carboxylic acids is 5. The van der Waals surface area contributed by atoms with E-state index in [1.807, 2.05) is 0 Å². The molecule has 3 atom stereocenters. The van der Waals surface area contributed by atoms with Gasteiger partial charge in [-0.05, 0) is 51.2 Å². The van der Waals surface area contributed by atoms with Gasteiger partial charge in [0.25, 0.3) is 11.8 Å². The molecule has 1 saturated carbocycles. The predicted octanol–water partition coefficient (Wildman–Crippen LogP) is 0.411. The first kappa shape index (κ1) is 37.1. The fraction of sp³-hybridized carbons (Fsp3) is 0.588. The first-order valence-electron chi connectivity index (χ1n) is 17.6. The summed E-state index contributed by atoms with van der Waals surface area (Å²) < 4.78 is 26.1. The Kier molecular flexibility index (Phi) is 10.2. The number of likely N-dealkylation sites (tertiary alicyclic amines) is 1. The van der Waals surface area contributed by atoms with Gasteiger partial charge in [0.15, 0.2) is 9.84 Å². The van der Waals surface area contributed by atoms with E-state index >= 15 is 0 Å². The number of primary amides is 1. The number of nitrogens with zero attached hydrogens (tertiary/aromatic N) is 5. The monoisotopic (exact) mass is 739 g/mol. The van der Waals surface area contributed by atoms with E-state index in [2.05, 4.69) is 31.1 Å². The van der Waals surface area contributed by atoms with Gasteiger partial charge in [0.05, 0.1) is 41.2 Å². The molecule has 1 aromatic carbocycles. The molecule has 2 aromatic heterocycles. The molecule has 4 heterocycles. The van der Waals surface area contributed by atoms with Gasteiger partial charge in [0.1, 0.15) is 23.2 Å². The molecule has 1 aliphatic carbocycles. The van der Waals surface area contributed by atoms with E-state index in [1.54, 1.807) is 38.2 Å². The van der Waals surface area contributed by atoms with Gasteiger partial charge in [-0.25, -0.2) is 13.1 Å². The van der Waals surface area contributed by atoms with Crippen molar-refractivity contribution >= 4 is 50.2 Å². The second-order valence-electron chi connectivity index (χ2n) is 14.9. The van der Waals surface area contributed by atoms with Gasteiger partial charge in [-0.2, -0.15) is 5.10 Å². The third kappa shape index (κ3) is 7.72. The summed E-state index contributed by atoms with van der Waals surface area (Å²) in [4.78, 5) is 69.5. The molecule has 2 aliphatic heterocycles. The lowest BCUT2D eigenvalue weighted by molar-refractivity contribution is -0.145. The van der Waals surface area contributed by atoms with Crippen LogP contribution in [0.2, 0.25) is 0 Å². The number of fused-ring (bicyclic) bond motifs is 1. The number of hydrogen-bond donors (Lipinski definition) is 5. The molecule has 6 N–H and O–H groups in total. The molecule has 1 unspecified atom stereocenters. The zero-order chi connectivity index (χ0) is 37.4. The van der Waals surface area contributed by atoms with Crippen LogP contribution in [0.3, 0.4) is 0 Å². The number of rotatable bonds is 11. The van der Waals surface area contributed by atoms with Gasteiger partial charge in [0, 0.05) is 23.9 Å². The average Bonchev–Trinajstić information content (AvgIpc) is 3.88. The second kappa shape index (κ2) is 14.4. The summed E-state index contributed by atoms with van der Waals surface area (Å²) in [6, 6.07) is 2.10. The highest BCUT2D eigenvalue weighted by molar-refractivity contribution is 7.91. The van der Waals surface area contributed by atoms with Crippen LogP contribution in [0.25, 0.3) is 10.9 Å². The van der Waals surface area contributed by atoms with Crippen molar-refractivity contribution in [1.82, 2.24) is 40.7 Å². The van der Waals surface area contributed by atoms with Crippen molar-refractivity contribution in [3.05, 3.63) is 41.9 Å². The molecule has 0 bridgehead atoms. The SMILES string of the molecule is CC(C)(O)c1cnnn1[C@H]1C[C@@H](C(=O)NC2(C(=O)C(N)=O)CCS(=O)(=O)CC2)N(C(=O)C(CC2CCCCC2)NC(=O)c2ccc3cn[nH]c3c2)C1. The molecule has 0 spiro atoms. The maximum atomic E-state index is 14.8. The van der Waals surface area contributed by atoms with Crippen LogP contribution in [-0.2, 0) is 34.6 Å². The van der Waals surface area contributed by atoms with Gasteiger partial charge in [-0.1, -0.05) is 43.4 Å². The van der Waals surface area contributed by atoms with E-state index in [0.717, 1.165) is 37.5 Å². The summed E-state index contributed by atoms with van der Waals surface area (Å²) in [7, 11) is -3.53. The maximum Gasteiger partial charge on any atom is 0.287 e. The first-order valence-corrected chi connectivity index (χ1v) is 19.4. The Morgan fingerprint density at radius 3 is 2.48 bits per heavy atom. The zero-order valence-electron chi connectivity index (χ0n) is 29.2. The number of nitrogens with two attached hydrogens (primary N) is 1. The largest absolute Gasteiger partial charge is 0.384 e. The van der Waals surface area contributed by atoms with Crippen molar-refractivity contribution in [2.24, 2.45) is 11.7 Å². The van der Waals surface area contributed by atoms with E-state index in [4.69, 9.17) is 5.73 Å². The number of hydrogen-bond acceptors (Lipinski definition) is 11. The van der Waals surface area contributed by atoms with Crippen LogP contribution in [0.15, 0.2) is 30.6 Å². The van der Waals surface area contributed by atoms with Crippen LogP contribution in [-0.4, -0.2) is 109 Å². The minimum Gasteiger partial charge on any atom is -0.384 e. The Bertz CT molecular complexity index is 1960. The molecule has 0 radical (unpaired) electrons. The normalized spacial score (nSPS) is 22.5. The molecular weight excluding hydrogens is 694 g/mol. The molecule has 280 valence electrons. The molecule has 4 amide bonds. The number of aromatic nitrogens is 5. The van der Waals surface area contributed by atoms with Crippen molar-refractivity contribution < 1.29 is 37.5 Å². The highest BCUT2D eigenvalue weighted by Crippen LogP contribution is 2.35. The zero-order valence-corrected chi connectivity index (χ0v) is 30.0. The molecule has 6 rings (SSSR count). The van der Waals surface area contributed by atoms with E-state index in [0.29, 0.717) is 23.2 Å². The van der Waals surface area contributed by atoms with Crippen molar-refractivity contribution in [2.75, 3.05) is 18.1 Å². The van der Waals surface area contributed by atoms with Gasteiger partial charge >= 0.3 is 0 Å². The third-order valence-electron chi connectivity index (χ3n) is 10.7. The number of aliphatic hydroxyl groups is 1. The number of nitrogens with one attached hydrogen (secondary N) is 3. The predicted molar refractivity (Wildman–Crippen MR) is 186 cm³/mol. The third-order valence-corrected chi connectivity index (χ3v) is 12.4. The van der Waals surface area contributed by atoms with Crippen LogP contribution in [0.4, 0.5) is 0 Å². The van der Waals surface area contributed by atoms with Gasteiger partial charge in [-0.3, -0.25) is 29.1 Å². The minimum atomic E-state index is -3.53. The highest BCUT2D eigenvalue weighted by Gasteiger charge is 2.50. The molecule has 3 aliphatic rings. The van der Waals surface area contributed by atoms with Crippen LogP contribution in [0, 0.1) is 5.92 Å². The van der Waals surface area contributed by atoms with E-state index in [-0.39, 0.29) is 31.7 Å². The van der Waals surface area contributed by atoms with Crippen molar-refractivity contribution in [3.8, 4) is 0 Å². The molecule has 2 saturated heterocycles. The summed E-state index contributed by atoms with van der Waals surface area (Å²) in [5.41, 5.74) is 3.41. The number of carbonyl (C=O) groups is 5.